The molecule has 0 saturated carbocycles. The fourth-order valence-corrected chi connectivity index (χ4v) is 2.73. The normalized spacial score (nSPS) is 12.4. The first-order valence-electron chi connectivity index (χ1n) is 7.06. The minimum absolute atomic E-state index is 0.0189. The van der Waals surface area contributed by atoms with Crippen LogP contribution in [0.4, 0.5) is 0 Å². The average Bonchev–Trinajstić information content (AvgIpc) is 2.56. The summed E-state index contributed by atoms with van der Waals surface area (Å²) in [7, 11) is 1.42. The second kappa shape index (κ2) is 5.68. The molecule has 0 bridgehead atoms. The second-order valence-electron chi connectivity index (χ2n) is 5.16. The maximum absolute atomic E-state index is 12.8. The molecule has 0 aromatic heterocycles. The van der Waals surface area contributed by atoms with E-state index in [2.05, 4.69) is 0 Å². The van der Waals surface area contributed by atoms with Crippen molar-refractivity contribution in [1.82, 2.24) is 0 Å². The highest BCUT2D eigenvalue weighted by Gasteiger charge is 2.33. The molecule has 0 amide bonds. The summed E-state index contributed by atoms with van der Waals surface area (Å²) in [5.74, 6) is -0.640. The van der Waals surface area contributed by atoms with Crippen LogP contribution in [-0.2, 0) is 16.1 Å². The Kier molecular flexibility index (Phi) is 3.70. The standard InChI is InChI=1S/C18H14O5/c1-10(19)23-9-11-7-8-14-15(18(11)22-2)17(21)13-6-4-3-5-12(13)16(14)20/h3-8H,9H2,1-2H3. The molecule has 2 aromatic carbocycles. The van der Waals surface area contributed by atoms with Crippen molar-refractivity contribution in [2.45, 2.75) is 13.5 Å². The van der Waals surface area contributed by atoms with Gasteiger partial charge in [-0.15, -0.1) is 0 Å². The van der Waals surface area contributed by atoms with Gasteiger partial charge >= 0.3 is 5.97 Å². The van der Waals surface area contributed by atoms with Crippen molar-refractivity contribution in [3.8, 4) is 5.75 Å². The van der Waals surface area contributed by atoms with Crippen LogP contribution in [0.25, 0.3) is 0 Å². The van der Waals surface area contributed by atoms with E-state index in [0.717, 1.165) is 0 Å². The Hall–Kier alpha value is -2.95. The number of fused-ring (bicyclic) bond motifs is 2. The average molecular weight is 310 g/mol. The monoisotopic (exact) mass is 310 g/mol. The smallest absolute Gasteiger partial charge is 0.302 e. The molecule has 0 aliphatic heterocycles. The highest BCUT2D eigenvalue weighted by atomic mass is 16.5. The largest absolute Gasteiger partial charge is 0.496 e. The molecule has 0 atom stereocenters. The Morgan fingerprint density at radius 2 is 1.61 bits per heavy atom. The van der Waals surface area contributed by atoms with Gasteiger partial charge in [-0.2, -0.15) is 0 Å². The molecule has 116 valence electrons. The van der Waals surface area contributed by atoms with Gasteiger partial charge in [0.25, 0.3) is 0 Å². The van der Waals surface area contributed by atoms with Crippen LogP contribution in [-0.4, -0.2) is 24.6 Å². The van der Waals surface area contributed by atoms with Gasteiger partial charge in [-0.1, -0.05) is 30.3 Å². The van der Waals surface area contributed by atoms with E-state index in [9.17, 15) is 14.4 Å². The van der Waals surface area contributed by atoms with Gasteiger partial charge in [0.05, 0.1) is 12.7 Å². The summed E-state index contributed by atoms with van der Waals surface area (Å²) >= 11 is 0. The zero-order valence-electron chi connectivity index (χ0n) is 12.7. The first-order chi connectivity index (χ1) is 11.0. The topological polar surface area (TPSA) is 69.7 Å². The highest BCUT2D eigenvalue weighted by molar-refractivity contribution is 6.29. The van der Waals surface area contributed by atoms with E-state index >= 15 is 0 Å². The fourth-order valence-electron chi connectivity index (χ4n) is 2.73. The third-order valence-electron chi connectivity index (χ3n) is 3.76. The number of methoxy groups -OCH3 is 1. The quantitative estimate of drug-likeness (QED) is 0.695. The van der Waals surface area contributed by atoms with Gasteiger partial charge < -0.3 is 9.47 Å². The molecule has 0 fully saturated rings. The number of benzene rings is 2. The van der Waals surface area contributed by atoms with Crippen LogP contribution in [0, 0.1) is 0 Å². The molecule has 2 aromatic rings. The van der Waals surface area contributed by atoms with Crippen LogP contribution in [0.15, 0.2) is 36.4 Å². The zero-order valence-corrected chi connectivity index (χ0v) is 12.7. The van der Waals surface area contributed by atoms with Gasteiger partial charge in [0.2, 0.25) is 0 Å². The lowest BCUT2D eigenvalue weighted by molar-refractivity contribution is -0.142. The summed E-state index contributed by atoms with van der Waals surface area (Å²) in [6.07, 6.45) is 0. The zero-order chi connectivity index (χ0) is 16.6. The Morgan fingerprint density at radius 3 is 2.22 bits per heavy atom. The number of carbonyl (C=O) groups excluding carboxylic acids is 3. The molecule has 0 saturated heterocycles. The summed E-state index contributed by atoms with van der Waals surface area (Å²) in [5, 5.41) is 0. The maximum Gasteiger partial charge on any atom is 0.302 e. The molecule has 23 heavy (non-hydrogen) atoms. The lowest BCUT2D eigenvalue weighted by Crippen LogP contribution is -2.22. The lowest BCUT2D eigenvalue weighted by atomic mass is 9.82. The van der Waals surface area contributed by atoms with Gasteiger partial charge in [0.15, 0.2) is 11.6 Å². The van der Waals surface area contributed by atoms with Gasteiger partial charge in [0.1, 0.15) is 12.4 Å². The fraction of sp³-hybridized carbons (Fsp3) is 0.167. The Morgan fingerprint density at radius 1 is 0.957 bits per heavy atom. The molecular formula is C18H14O5. The van der Waals surface area contributed by atoms with Gasteiger partial charge in [-0.25, -0.2) is 0 Å². The Bertz CT molecular complexity index is 835. The SMILES string of the molecule is COc1c(COC(C)=O)ccc2c1C(=O)c1ccccc1C2=O. The Labute approximate surface area is 132 Å². The van der Waals surface area contributed by atoms with E-state index in [-0.39, 0.29) is 29.5 Å². The number of ether oxygens (including phenoxy) is 2. The van der Waals surface area contributed by atoms with Crippen LogP contribution in [0.5, 0.6) is 5.75 Å². The number of rotatable bonds is 3. The van der Waals surface area contributed by atoms with E-state index in [1.807, 2.05) is 0 Å². The first-order valence-corrected chi connectivity index (χ1v) is 7.06. The maximum atomic E-state index is 12.8. The van der Waals surface area contributed by atoms with Crippen LogP contribution in [0.2, 0.25) is 0 Å². The van der Waals surface area contributed by atoms with Crippen molar-refractivity contribution in [1.29, 1.82) is 0 Å². The van der Waals surface area contributed by atoms with Gasteiger partial charge in [-0.05, 0) is 6.07 Å². The van der Waals surface area contributed by atoms with Crippen molar-refractivity contribution in [3.05, 3.63) is 64.2 Å². The molecule has 0 spiro atoms. The summed E-state index contributed by atoms with van der Waals surface area (Å²) < 4.78 is 10.3. The van der Waals surface area contributed by atoms with Crippen LogP contribution < -0.4 is 4.74 Å². The molecule has 3 rings (SSSR count). The predicted molar refractivity (Wildman–Crippen MR) is 81.8 cm³/mol. The predicted octanol–water partition coefficient (Wildman–Crippen LogP) is 2.53. The summed E-state index contributed by atoms with van der Waals surface area (Å²) in [6, 6.07) is 9.91. The van der Waals surface area contributed by atoms with Crippen LogP contribution in [0.3, 0.4) is 0 Å². The minimum Gasteiger partial charge on any atom is -0.496 e. The number of ketones is 2. The van der Waals surface area contributed by atoms with E-state index in [0.29, 0.717) is 22.3 Å². The lowest BCUT2D eigenvalue weighted by Gasteiger charge is -2.21. The van der Waals surface area contributed by atoms with E-state index in [1.54, 1.807) is 36.4 Å². The van der Waals surface area contributed by atoms with E-state index in [4.69, 9.17) is 9.47 Å². The van der Waals surface area contributed by atoms with Crippen molar-refractivity contribution in [3.63, 3.8) is 0 Å². The van der Waals surface area contributed by atoms with Gasteiger partial charge in [-0.3, -0.25) is 14.4 Å². The van der Waals surface area contributed by atoms with Crippen molar-refractivity contribution in [2.24, 2.45) is 0 Å². The van der Waals surface area contributed by atoms with Gasteiger partial charge in [0, 0.05) is 29.2 Å². The van der Waals surface area contributed by atoms with Crippen LogP contribution in [0.1, 0.15) is 44.3 Å². The second-order valence-corrected chi connectivity index (χ2v) is 5.16. The number of carbonyl (C=O) groups is 3. The van der Waals surface area contributed by atoms with Crippen molar-refractivity contribution >= 4 is 17.5 Å². The molecule has 0 N–H and O–H groups in total. The molecule has 0 radical (unpaired) electrons. The number of esters is 1. The molecule has 5 nitrogen and oxygen atoms in total. The molecule has 1 aliphatic rings. The van der Waals surface area contributed by atoms with E-state index < -0.39 is 5.97 Å². The number of hydrogen-bond acceptors (Lipinski definition) is 5. The number of hydrogen-bond donors (Lipinski definition) is 0. The molecule has 0 heterocycles. The third-order valence-corrected chi connectivity index (χ3v) is 3.76. The van der Waals surface area contributed by atoms with E-state index in [1.165, 1.54) is 14.0 Å². The summed E-state index contributed by atoms with van der Waals surface area (Å²) in [6.45, 7) is 1.28. The molecular weight excluding hydrogens is 296 g/mol. The van der Waals surface area contributed by atoms with Crippen LogP contribution >= 0.6 is 0 Å². The summed E-state index contributed by atoms with van der Waals surface area (Å²) in [4.78, 5) is 36.4. The Balaban J connectivity index is 2.17. The molecule has 5 heteroatoms. The molecule has 0 unspecified atom stereocenters. The summed E-state index contributed by atoms with van der Waals surface area (Å²) in [5.41, 5.74) is 1.81. The highest BCUT2D eigenvalue weighted by Crippen LogP contribution is 2.35. The van der Waals surface area contributed by atoms with Crippen molar-refractivity contribution in [2.75, 3.05) is 7.11 Å². The third kappa shape index (κ3) is 2.40. The molecule has 1 aliphatic carbocycles. The first kappa shape index (κ1) is 15.0. The minimum atomic E-state index is -0.433. The van der Waals surface area contributed by atoms with Crippen molar-refractivity contribution < 1.29 is 23.9 Å².